The molecule has 0 saturated heterocycles. The number of carbonyl (C=O) groups excluding carboxylic acids is 1. The average Bonchev–Trinajstić information content (AvgIpc) is 3.31. The van der Waals surface area contributed by atoms with Crippen LogP contribution in [0, 0.1) is 6.92 Å². The third-order valence-corrected chi connectivity index (χ3v) is 5.40. The van der Waals surface area contributed by atoms with E-state index in [-0.39, 0.29) is 6.04 Å². The molecule has 1 fully saturated rings. The molecule has 1 saturated carbocycles. The van der Waals surface area contributed by atoms with E-state index in [1.807, 2.05) is 39.3 Å². The Hall–Kier alpha value is -2.32. The number of aromatic nitrogens is 3. The minimum Gasteiger partial charge on any atom is -0.444 e. The van der Waals surface area contributed by atoms with E-state index >= 15 is 0 Å². The van der Waals surface area contributed by atoms with Crippen LogP contribution in [0.1, 0.15) is 84.3 Å². The molecule has 1 atom stereocenters. The number of nitrogens with zero attached hydrogens (tertiary/aromatic N) is 4. The van der Waals surface area contributed by atoms with Crippen LogP contribution in [0.3, 0.4) is 0 Å². The van der Waals surface area contributed by atoms with Gasteiger partial charge >= 0.3 is 6.09 Å². The fourth-order valence-electron chi connectivity index (χ4n) is 3.52. The van der Waals surface area contributed by atoms with E-state index in [4.69, 9.17) is 9.73 Å². The summed E-state index contributed by atoms with van der Waals surface area (Å²) < 4.78 is 7.34. The quantitative estimate of drug-likeness (QED) is 0.406. The van der Waals surface area contributed by atoms with E-state index in [2.05, 4.69) is 33.1 Å². The van der Waals surface area contributed by atoms with E-state index in [1.165, 1.54) is 12.8 Å². The van der Waals surface area contributed by atoms with Gasteiger partial charge in [-0.1, -0.05) is 32.6 Å². The molecule has 3 N–H and O–H groups in total. The summed E-state index contributed by atoms with van der Waals surface area (Å²) in [5, 5.41) is 18.4. The Morgan fingerprint density at radius 2 is 2.00 bits per heavy atom. The predicted molar refractivity (Wildman–Crippen MR) is 123 cm³/mol. The first-order chi connectivity index (χ1) is 14.7. The second kappa shape index (κ2) is 11.9. The Bertz CT molecular complexity index is 718. The molecule has 1 aromatic rings. The van der Waals surface area contributed by atoms with Crippen LogP contribution >= 0.6 is 0 Å². The molecule has 1 amide bonds. The lowest BCUT2D eigenvalue weighted by atomic mass is 10.1. The summed E-state index contributed by atoms with van der Waals surface area (Å²) in [7, 11) is 1.95. The van der Waals surface area contributed by atoms with Gasteiger partial charge in [-0.25, -0.2) is 9.79 Å². The summed E-state index contributed by atoms with van der Waals surface area (Å²) in [6, 6.07) is 0.486. The molecule has 0 bridgehead atoms. The van der Waals surface area contributed by atoms with Crippen molar-refractivity contribution >= 4 is 12.1 Å². The largest absolute Gasteiger partial charge is 0.444 e. The summed E-state index contributed by atoms with van der Waals surface area (Å²) in [6.07, 6.45) is 7.48. The van der Waals surface area contributed by atoms with Crippen LogP contribution in [0.5, 0.6) is 0 Å². The van der Waals surface area contributed by atoms with Gasteiger partial charge in [0.2, 0.25) is 0 Å². The molecular formula is C22H41N7O2. The van der Waals surface area contributed by atoms with Crippen molar-refractivity contribution in [1.29, 1.82) is 0 Å². The number of unbranched alkanes of at least 4 members (excludes halogenated alkanes) is 1. The molecule has 0 spiro atoms. The highest BCUT2D eigenvalue weighted by molar-refractivity contribution is 5.80. The Balaban J connectivity index is 2.05. The van der Waals surface area contributed by atoms with Crippen LogP contribution in [-0.2, 0) is 18.3 Å². The maximum Gasteiger partial charge on any atom is 0.407 e. The Morgan fingerprint density at radius 3 is 2.58 bits per heavy atom. The van der Waals surface area contributed by atoms with Crippen molar-refractivity contribution in [3.8, 4) is 0 Å². The third kappa shape index (κ3) is 9.14. The number of ether oxygens (including phenoxy) is 1. The molecule has 1 aliphatic carbocycles. The fourth-order valence-corrected chi connectivity index (χ4v) is 3.52. The van der Waals surface area contributed by atoms with Gasteiger partial charge in [-0.15, -0.1) is 10.2 Å². The van der Waals surface area contributed by atoms with Gasteiger partial charge in [0.15, 0.2) is 11.8 Å². The SMILES string of the molecule is CCCCC(CNC(=O)OC(C)(C)C)NC(=NCc1nnc(C)n1C)NC1CCCC1. The number of aryl methyl sites for hydroxylation is 1. The first-order valence-corrected chi connectivity index (χ1v) is 11.6. The van der Waals surface area contributed by atoms with Gasteiger partial charge in [0.1, 0.15) is 18.0 Å². The first-order valence-electron chi connectivity index (χ1n) is 11.6. The Kier molecular flexibility index (Phi) is 9.58. The molecule has 0 aromatic carbocycles. The lowest BCUT2D eigenvalue weighted by molar-refractivity contribution is 0.0522. The maximum atomic E-state index is 12.1. The van der Waals surface area contributed by atoms with Crippen molar-refractivity contribution < 1.29 is 9.53 Å². The highest BCUT2D eigenvalue weighted by atomic mass is 16.6. The van der Waals surface area contributed by atoms with Crippen LogP contribution in [0.2, 0.25) is 0 Å². The molecule has 9 nitrogen and oxygen atoms in total. The number of aliphatic imine (C=N–C) groups is 1. The van der Waals surface area contributed by atoms with Crippen LogP contribution in [0.25, 0.3) is 0 Å². The van der Waals surface area contributed by atoms with Crippen molar-refractivity contribution in [1.82, 2.24) is 30.7 Å². The molecular weight excluding hydrogens is 394 g/mol. The lowest BCUT2D eigenvalue weighted by Gasteiger charge is -2.25. The minimum atomic E-state index is -0.513. The van der Waals surface area contributed by atoms with Crippen molar-refractivity contribution in [2.24, 2.45) is 12.0 Å². The molecule has 31 heavy (non-hydrogen) atoms. The number of rotatable bonds is 9. The molecule has 1 unspecified atom stereocenters. The van der Waals surface area contributed by atoms with Gasteiger partial charge in [0.05, 0.1) is 0 Å². The van der Waals surface area contributed by atoms with Gasteiger partial charge < -0.3 is 25.3 Å². The summed E-state index contributed by atoms with van der Waals surface area (Å²) in [4.78, 5) is 16.9. The fraction of sp³-hybridized carbons (Fsp3) is 0.818. The second-order valence-corrected chi connectivity index (χ2v) is 9.38. The number of nitrogens with one attached hydrogen (secondary N) is 3. The second-order valence-electron chi connectivity index (χ2n) is 9.38. The van der Waals surface area contributed by atoms with Gasteiger partial charge in [-0.2, -0.15) is 0 Å². The zero-order valence-electron chi connectivity index (χ0n) is 20.1. The van der Waals surface area contributed by atoms with Crippen molar-refractivity contribution in [2.45, 2.75) is 104 Å². The summed E-state index contributed by atoms with van der Waals surface area (Å²) in [5.41, 5.74) is -0.513. The van der Waals surface area contributed by atoms with E-state index in [1.54, 1.807) is 0 Å². The Morgan fingerprint density at radius 1 is 1.29 bits per heavy atom. The third-order valence-electron chi connectivity index (χ3n) is 5.40. The number of amides is 1. The van der Waals surface area contributed by atoms with E-state index in [9.17, 15) is 4.79 Å². The van der Waals surface area contributed by atoms with Crippen LogP contribution < -0.4 is 16.0 Å². The normalized spacial score (nSPS) is 16.3. The van der Waals surface area contributed by atoms with Crippen LogP contribution in [-0.4, -0.2) is 51.0 Å². The van der Waals surface area contributed by atoms with Crippen molar-refractivity contribution in [3.05, 3.63) is 11.6 Å². The number of alkyl carbamates (subject to hydrolysis) is 1. The highest BCUT2D eigenvalue weighted by Gasteiger charge is 2.20. The molecule has 9 heteroatoms. The summed E-state index contributed by atoms with van der Waals surface area (Å²) >= 11 is 0. The van der Waals surface area contributed by atoms with Crippen molar-refractivity contribution in [3.63, 3.8) is 0 Å². The average molecular weight is 436 g/mol. The standard InChI is InChI=1S/C22H41N7O2/c1-7-8-11-18(14-24-21(30)31-22(3,4)5)26-20(25-17-12-9-10-13-17)23-15-19-28-27-16(2)29(19)6/h17-18H,7-15H2,1-6H3,(H,24,30)(H2,23,25,26). The smallest absolute Gasteiger partial charge is 0.407 e. The molecule has 1 heterocycles. The van der Waals surface area contributed by atoms with Gasteiger partial charge in [-0.3, -0.25) is 0 Å². The van der Waals surface area contributed by atoms with Crippen molar-refractivity contribution in [2.75, 3.05) is 6.54 Å². The number of hydrogen-bond acceptors (Lipinski definition) is 5. The zero-order valence-corrected chi connectivity index (χ0v) is 20.1. The molecule has 1 aromatic heterocycles. The molecule has 176 valence electrons. The predicted octanol–water partition coefficient (Wildman–Crippen LogP) is 3.18. The highest BCUT2D eigenvalue weighted by Crippen LogP contribution is 2.17. The number of guanidine groups is 1. The van der Waals surface area contributed by atoms with E-state index < -0.39 is 11.7 Å². The summed E-state index contributed by atoms with van der Waals surface area (Å²) in [5.74, 6) is 2.45. The monoisotopic (exact) mass is 435 g/mol. The summed E-state index contributed by atoms with van der Waals surface area (Å²) in [6.45, 7) is 10.6. The lowest BCUT2D eigenvalue weighted by Crippen LogP contribution is -2.51. The molecule has 0 aliphatic heterocycles. The van der Waals surface area contributed by atoms with Gasteiger partial charge in [0, 0.05) is 25.7 Å². The molecule has 2 rings (SSSR count). The topological polar surface area (TPSA) is 105 Å². The van der Waals surface area contributed by atoms with Crippen LogP contribution in [0.15, 0.2) is 4.99 Å². The van der Waals surface area contributed by atoms with E-state index in [0.29, 0.717) is 19.1 Å². The Labute approximate surface area is 186 Å². The maximum absolute atomic E-state index is 12.1. The minimum absolute atomic E-state index is 0.0568. The van der Waals surface area contributed by atoms with E-state index in [0.717, 1.165) is 49.7 Å². The zero-order chi connectivity index (χ0) is 22.9. The number of carbonyl (C=O) groups is 1. The van der Waals surface area contributed by atoms with Gasteiger partial charge in [-0.05, 0) is 47.0 Å². The van der Waals surface area contributed by atoms with Gasteiger partial charge in [0.25, 0.3) is 0 Å². The molecule has 1 aliphatic rings. The molecule has 0 radical (unpaired) electrons. The number of hydrogen-bond donors (Lipinski definition) is 3. The first kappa shape index (κ1) is 24.9. The van der Waals surface area contributed by atoms with Crippen LogP contribution in [0.4, 0.5) is 4.79 Å².